The molecule has 0 aromatic carbocycles. The van der Waals surface area contributed by atoms with Crippen LogP contribution in [0, 0.1) is 6.92 Å². The third-order valence-electron chi connectivity index (χ3n) is 4.31. The minimum Gasteiger partial charge on any atom is -0.382 e. The van der Waals surface area contributed by atoms with Crippen LogP contribution in [0.4, 0.5) is 5.82 Å². The number of carbonyl (C=O) groups is 1. The number of hydrogen-bond acceptors (Lipinski definition) is 7. The van der Waals surface area contributed by atoms with Crippen molar-refractivity contribution in [3.63, 3.8) is 0 Å². The number of aryl methyl sites for hydroxylation is 1. The van der Waals surface area contributed by atoms with Crippen molar-refractivity contribution in [2.75, 3.05) is 32.1 Å². The molecule has 1 saturated heterocycles. The summed E-state index contributed by atoms with van der Waals surface area (Å²) in [4.78, 5) is 32.0. The zero-order chi connectivity index (χ0) is 20.3. The van der Waals surface area contributed by atoms with Crippen molar-refractivity contribution in [2.45, 2.75) is 20.3 Å². The number of likely N-dealkylation sites (N-methyl/N-ethyl adjacent to an activating group) is 1. The number of pyridine rings is 1. The molecular formula is C19H22N4O3S2. The van der Waals surface area contributed by atoms with Crippen LogP contribution in [0.3, 0.4) is 0 Å². The van der Waals surface area contributed by atoms with Crippen molar-refractivity contribution in [1.29, 1.82) is 0 Å². The van der Waals surface area contributed by atoms with Crippen LogP contribution in [-0.4, -0.2) is 51.3 Å². The predicted molar refractivity (Wildman–Crippen MR) is 117 cm³/mol. The van der Waals surface area contributed by atoms with E-state index in [-0.39, 0.29) is 11.5 Å². The van der Waals surface area contributed by atoms with E-state index in [0.29, 0.717) is 46.0 Å². The number of thiocarbonyl (C=S) groups is 1. The summed E-state index contributed by atoms with van der Waals surface area (Å²) in [5, 5.41) is 3.23. The molecule has 1 aliphatic heterocycles. The van der Waals surface area contributed by atoms with Gasteiger partial charge in [-0.1, -0.05) is 30.0 Å². The lowest BCUT2D eigenvalue weighted by molar-refractivity contribution is -0.121. The van der Waals surface area contributed by atoms with Crippen molar-refractivity contribution in [1.82, 2.24) is 14.3 Å². The highest BCUT2D eigenvalue weighted by atomic mass is 32.2. The molecule has 148 valence electrons. The molecule has 2 aromatic rings. The Hall–Kier alpha value is -2.23. The molecule has 1 fully saturated rings. The fraction of sp³-hybridized carbons (Fsp3) is 0.368. The van der Waals surface area contributed by atoms with Gasteiger partial charge in [0.05, 0.1) is 10.5 Å². The molecule has 3 rings (SSSR count). The Bertz CT molecular complexity index is 1020. The molecule has 0 aliphatic carbocycles. The summed E-state index contributed by atoms with van der Waals surface area (Å²) in [5.74, 6) is 0.239. The predicted octanol–water partition coefficient (Wildman–Crippen LogP) is 2.67. The molecule has 1 aliphatic rings. The normalized spacial score (nSPS) is 15.8. The minimum absolute atomic E-state index is 0.217. The first-order chi connectivity index (χ1) is 13.4. The van der Waals surface area contributed by atoms with Gasteiger partial charge >= 0.3 is 0 Å². The molecule has 1 N–H and O–H groups in total. The van der Waals surface area contributed by atoms with Crippen molar-refractivity contribution >= 4 is 51.7 Å². The number of carbonyl (C=O) groups excluding carboxylic acids is 1. The van der Waals surface area contributed by atoms with Crippen LogP contribution >= 0.6 is 24.0 Å². The van der Waals surface area contributed by atoms with Gasteiger partial charge in [-0.3, -0.25) is 18.9 Å². The van der Waals surface area contributed by atoms with Crippen LogP contribution in [0.15, 0.2) is 28.0 Å². The molecule has 2 aromatic heterocycles. The molecule has 0 bridgehead atoms. The van der Waals surface area contributed by atoms with E-state index in [1.165, 1.54) is 21.1 Å². The molecule has 1 amide bonds. The van der Waals surface area contributed by atoms with E-state index in [9.17, 15) is 9.59 Å². The largest absolute Gasteiger partial charge is 0.382 e. The smallest absolute Gasteiger partial charge is 0.267 e. The van der Waals surface area contributed by atoms with Gasteiger partial charge in [0.2, 0.25) is 0 Å². The quantitative estimate of drug-likeness (QED) is 0.421. The molecule has 0 unspecified atom stereocenters. The second-order valence-corrected chi connectivity index (χ2v) is 7.96. The highest BCUT2D eigenvalue weighted by Crippen LogP contribution is 2.31. The molecule has 7 nitrogen and oxygen atoms in total. The SMILES string of the molecule is CCOCCCNc1nc2c(C)cccn2c(=O)c1/C=C1\SC(=S)N(C)C1=O. The summed E-state index contributed by atoms with van der Waals surface area (Å²) >= 11 is 6.36. The van der Waals surface area contributed by atoms with Gasteiger partial charge in [-0.2, -0.15) is 0 Å². The van der Waals surface area contributed by atoms with E-state index < -0.39 is 0 Å². The van der Waals surface area contributed by atoms with Gasteiger partial charge in [-0.15, -0.1) is 0 Å². The number of nitrogens with one attached hydrogen (secondary N) is 1. The summed E-state index contributed by atoms with van der Waals surface area (Å²) in [6, 6.07) is 3.71. The lowest BCUT2D eigenvalue weighted by Crippen LogP contribution is -2.23. The standard InChI is InChI=1S/C19H22N4O3S2/c1-4-26-10-6-8-20-15-13(11-14-18(25)22(3)19(27)28-14)17(24)23-9-5-7-12(2)16(23)21-15/h5,7,9,11,20H,4,6,8,10H2,1-3H3/b14-11-. The lowest BCUT2D eigenvalue weighted by Gasteiger charge is -2.12. The molecule has 0 atom stereocenters. The molecule has 3 heterocycles. The molecular weight excluding hydrogens is 396 g/mol. The van der Waals surface area contributed by atoms with E-state index >= 15 is 0 Å². The Balaban J connectivity index is 2.04. The Morgan fingerprint density at radius 3 is 2.86 bits per heavy atom. The minimum atomic E-state index is -0.234. The number of amides is 1. The van der Waals surface area contributed by atoms with Crippen molar-refractivity contribution < 1.29 is 9.53 Å². The van der Waals surface area contributed by atoms with Gasteiger partial charge in [0.1, 0.15) is 15.8 Å². The van der Waals surface area contributed by atoms with Crippen LogP contribution in [0.5, 0.6) is 0 Å². The molecule has 0 radical (unpaired) electrons. The van der Waals surface area contributed by atoms with Crippen LogP contribution in [-0.2, 0) is 9.53 Å². The number of fused-ring (bicyclic) bond motifs is 1. The maximum absolute atomic E-state index is 13.1. The van der Waals surface area contributed by atoms with Gasteiger partial charge in [-0.25, -0.2) is 4.98 Å². The topological polar surface area (TPSA) is 75.9 Å². The number of hydrogen-bond donors (Lipinski definition) is 1. The molecule has 0 spiro atoms. The van der Waals surface area contributed by atoms with E-state index in [1.807, 2.05) is 19.9 Å². The zero-order valence-corrected chi connectivity index (χ0v) is 17.7. The average molecular weight is 419 g/mol. The summed E-state index contributed by atoms with van der Waals surface area (Å²) in [6.45, 7) is 5.74. The first-order valence-corrected chi connectivity index (χ1v) is 10.2. The van der Waals surface area contributed by atoms with Crippen LogP contribution in [0.2, 0.25) is 0 Å². The maximum atomic E-state index is 13.1. The van der Waals surface area contributed by atoms with Gasteiger partial charge in [0, 0.05) is 33.0 Å². The third-order valence-corrected chi connectivity index (χ3v) is 5.79. The number of aromatic nitrogens is 2. The van der Waals surface area contributed by atoms with Gasteiger partial charge in [0.25, 0.3) is 11.5 Å². The zero-order valence-electron chi connectivity index (χ0n) is 16.0. The van der Waals surface area contributed by atoms with Gasteiger partial charge in [-0.05, 0) is 38.0 Å². The van der Waals surface area contributed by atoms with E-state index in [2.05, 4.69) is 10.3 Å². The van der Waals surface area contributed by atoms with Crippen molar-refractivity contribution in [3.05, 3.63) is 44.7 Å². The van der Waals surface area contributed by atoms with Gasteiger partial charge < -0.3 is 10.1 Å². The second-order valence-electron chi connectivity index (χ2n) is 6.28. The number of nitrogens with zero attached hydrogens (tertiary/aromatic N) is 3. The third kappa shape index (κ3) is 4.11. The maximum Gasteiger partial charge on any atom is 0.267 e. The first-order valence-electron chi connectivity index (χ1n) is 8.99. The number of thioether (sulfide) groups is 1. The Labute approximate surface area is 172 Å². The number of rotatable bonds is 7. The molecule has 28 heavy (non-hydrogen) atoms. The van der Waals surface area contributed by atoms with Crippen LogP contribution in [0.25, 0.3) is 11.7 Å². The average Bonchev–Trinajstić information content (AvgIpc) is 2.92. The van der Waals surface area contributed by atoms with E-state index in [0.717, 1.165) is 12.0 Å². The van der Waals surface area contributed by atoms with E-state index in [4.69, 9.17) is 17.0 Å². The molecule has 0 saturated carbocycles. The van der Waals surface area contributed by atoms with Crippen LogP contribution in [0.1, 0.15) is 24.5 Å². The fourth-order valence-corrected chi connectivity index (χ4v) is 3.94. The lowest BCUT2D eigenvalue weighted by atomic mass is 10.2. The highest BCUT2D eigenvalue weighted by molar-refractivity contribution is 8.26. The van der Waals surface area contributed by atoms with Crippen LogP contribution < -0.4 is 10.9 Å². The second kappa shape index (κ2) is 8.85. The first kappa shape index (κ1) is 20.5. The Morgan fingerprint density at radius 1 is 1.39 bits per heavy atom. The molecule has 9 heteroatoms. The highest BCUT2D eigenvalue weighted by Gasteiger charge is 2.29. The summed E-state index contributed by atoms with van der Waals surface area (Å²) in [5.41, 5.74) is 1.58. The monoisotopic (exact) mass is 418 g/mol. The fourth-order valence-electron chi connectivity index (χ4n) is 2.78. The Kier molecular flexibility index (Phi) is 6.48. The van der Waals surface area contributed by atoms with Crippen molar-refractivity contribution in [3.8, 4) is 0 Å². The van der Waals surface area contributed by atoms with E-state index in [1.54, 1.807) is 25.4 Å². The number of anilines is 1. The summed E-state index contributed by atoms with van der Waals surface area (Å²) in [6.07, 6.45) is 4.04. The van der Waals surface area contributed by atoms with Crippen molar-refractivity contribution in [2.24, 2.45) is 0 Å². The summed E-state index contributed by atoms with van der Waals surface area (Å²) < 4.78 is 7.32. The number of ether oxygens (including phenoxy) is 1. The summed E-state index contributed by atoms with van der Waals surface area (Å²) in [7, 11) is 1.63. The van der Waals surface area contributed by atoms with Gasteiger partial charge in [0.15, 0.2) is 0 Å². The Morgan fingerprint density at radius 2 is 2.18 bits per heavy atom.